The summed E-state index contributed by atoms with van der Waals surface area (Å²) in [6.07, 6.45) is 0. The molecule has 0 atom stereocenters. The minimum absolute atomic E-state index is 1.22. The molecule has 0 fully saturated rings. The number of hydrogen-bond acceptors (Lipinski definition) is 1. The minimum atomic E-state index is 1.22. The van der Waals surface area contributed by atoms with Gasteiger partial charge in [-0.3, -0.25) is 0 Å². The van der Waals surface area contributed by atoms with Gasteiger partial charge in [0.1, 0.15) is 0 Å². The Bertz CT molecular complexity index is 2820. The van der Waals surface area contributed by atoms with Crippen LogP contribution in [-0.4, -0.2) is 0 Å². The third-order valence-corrected chi connectivity index (χ3v) is 11.4. The van der Waals surface area contributed by atoms with Crippen LogP contribution in [0.5, 0.6) is 0 Å². The fraction of sp³-hybridized carbons (Fsp3) is 0. The minimum Gasteiger partial charge on any atom is -0.135 e. The quantitative estimate of drug-likeness (QED) is 0.161. The number of fused-ring (bicyclic) bond motifs is 5. The summed E-state index contributed by atoms with van der Waals surface area (Å²) in [7, 11) is 0. The van der Waals surface area contributed by atoms with Crippen LogP contribution in [0.25, 0.3) is 97.4 Å². The van der Waals surface area contributed by atoms with Crippen molar-refractivity contribution in [3.8, 4) is 55.6 Å². The molecule has 9 aromatic carbocycles. The van der Waals surface area contributed by atoms with E-state index in [1.54, 1.807) is 0 Å². The van der Waals surface area contributed by atoms with Crippen molar-refractivity contribution in [2.75, 3.05) is 0 Å². The van der Waals surface area contributed by atoms with Gasteiger partial charge in [-0.15, -0.1) is 11.3 Å². The van der Waals surface area contributed by atoms with E-state index in [0.717, 1.165) is 0 Å². The molecular formula is C50H32S. The van der Waals surface area contributed by atoms with Gasteiger partial charge in [-0.2, -0.15) is 0 Å². The van der Waals surface area contributed by atoms with Gasteiger partial charge >= 0.3 is 0 Å². The average Bonchev–Trinajstić information content (AvgIpc) is 3.58. The number of benzene rings is 9. The maximum Gasteiger partial charge on any atom is 0.0355 e. The molecule has 1 heteroatoms. The van der Waals surface area contributed by atoms with E-state index in [9.17, 15) is 0 Å². The molecule has 0 radical (unpaired) electrons. The Morgan fingerprint density at radius 1 is 0.216 bits per heavy atom. The van der Waals surface area contributed by atoms with Gasteiger partial charge < -0.3 is 0 Å². The van der Waals surface area contributed by atoms with Crippen LogP contribution in [0, 0.1) is 0 Å². The molecule has 0 nitrogen and oxygen atoms in total. The van der Waals surface area contributed by atoms with E-state index in [0.29, 0.717) is 0 Å². The predicted octanol–water partition coefficient (Wildman–Crippen LogP) is 14.7. The van der Waals surface area contributed by atoms with Crippen LogP contribution < -0.4 is 0 Å². The van der Waals surface area contributed by atoms with Crippen LogP contribution in [-0.2, 0) is 0 Å². The maximum absolute atomic E-state index is 2.38. The lowest BCUT2D eigenvalue weighted by Gasteiger charge is -2.18. The molecule has 1 heterocycles. The Balaban J connectivity index is 1.06. The molecule has 0 aliphatic heterocycles. The molecule has 10 rings (SSSR count). The SMILES string of the molecule is c1ccc(-c2cccc(-c3ccc4sc5ccc(-c6ccc(-c7c8ccccc8c(-c8ccccc8)c8ccccc78)cc6)cc5c4c3)c2)cc1. The molecule has 10 aromatic rings. The van der Waals surface area contributed by atoms with E-state index < -0.39 is 0 Å². The third-order valence-electron chi connectivity index (χ3n) is 10.3. The highest BCUT2D eigenvalue weighted by Crippen LogP contribution is 2.44. The Labute approximate surface area is 301 Å². The van der Waals surface area contributed by atoms with Crippen molar-refractivity contribution in [1.29, 1.82) is 0 Å². The molecular weight excluding hydrogens is 633 g/mol. The van der Waals surface area contributed by atoms with E-state index in [2.05, 4.69) is 194 Å². The highest BCUT2D eigenvalue weighted by molar-refractivity contribution is 7.25. The van der Waals surface area contributed by atoms with Crippen molar-refractivity contribution in [3.05, 3.63) is 194 Å². The molecule has 0 unspecified atom stereocenters. The van der Waals surface area contributed by atoms with Gasteiger partial charge in [-0.05, 0) is 108 Å². The summed E-state index contributed by atoms with van der Waals surface area (Å²) in [5, 5.41) is 7.74. The summed E-state index contributed by atoms with van der Waals surface area (Å²) >= 11 is 1.87. The zero-order chi connectivity index (χ0) is 33.7. The second-order valence-electron chi connectivity index (χ2n) is 13.3. The number of thiophene rings is 1. The van der Waals surface area contributed by atoms with Gasteiger partial charge in [-0.25, -0.2) is 0 Å². The molecule has 0 aliphatic carbocycles. The first-order valence-corrected chi connectivity index (χ1v) is 18.3. The standard InChI is InChI=1S/C50H32S/c1-3-12-33(13-4-1)37-16-11-17-38(30-37)40-27-29-48-46(32-40)45-31-39(26-28-47(45)51-48)34-22-24-36(25-23-34)50-43-20-9-7-18-41(43)49(35-14-5-2-6-15-35)42-19-8-10-21-44(42)50/h1-32H. The van der Waals surface area contributed by atoms with E-state index in [1.165, 1.54) is 97.4 Å². The summed E-state index contributed by atoms with van der Waals surface area (Å²) in [6.45, 7) is 0. The second-order valence-corrected chi connectivity index (χ2v) is 14.3. The van der Waals surface area contributed by atoms with Crippen molar-refractivity contribution in [2.45, 2.75) is 0 Å². The smallest absolute Gasteiger partial charge is 0.0355 e. The zero-order valence-corrected chi connectivity index (χ0v) is 28.7. The molecule has 0 saturated carbocycles. The molecule has 51 heavy (non-hydrogen) atoms. The van der Waals surface area contributed by atoms with Crippen molar-refractivity contribution in [2.24, 2.45) is 0 Å². The maximum atomic E-state index is 2.38. The van der Waals surface area contributed by atoms with Crippen LogP contribution in [0.1, 0.15) is 0 Å². The summed E-state index contributed by atoms with van der Waals surface area (Å²) in [5.41, 5.74) is 12.5. The Hall–Kier alpha value is -6.28. The van der Waals surface area contributed by atoms with Gasteiger partial charge in [-0.1, -0.05) is 164 Å². The second kappa shape index (κ2) is 12.2. The van der Waals surface area contributed by atoms with Crippen LogP contribution in [0.4, 0.5) is 0 Å². The summed E-state index contributed by atoms with van der Waals surface area (Å²) in [4.78, 5) is 0. The van der Waals surface area contributed by atoms with Crippen molar-refractivity contribution >= 4 is 53.1 Å². The Morgan fingerprint density at radius 3 is 1.08 bits per heavy atom. The lowest BCUT2D eigenvalue weighted by Crippen LogP contribution is -1.90. The molecule has 238 valence electrons. The van der Waals surface area contributed by atoms with Crippen molar-refractivity contribution < 1.29 is 0 Å². The largest absolute Gasteiger partial charge is 0.135 e. The van der Waals surface area contributed by atoms with E-state index in [4.69, 9.17) is 0 Å². The fourth-order valence-corrected chi connectivity index (χ4v) is 8.90. The van der Waals surface area contributed by atoms with E-state index in [1.807, 2.05) is 11.3 Å². The van der Waals surface area contributed by atoms with Crippen molar-refractivity contribution in [3.63, 3.8) is 0 Å². The Kier molecular flexibility index (Phi) is 7.11. The third kappa shape index (κ3) is 5.14. The molecule has 0 spiro atoms. The lowest BCUT2D eigenvalue weighted by molar-refractivity contribution is 1.60. The monoisotopic (exact) mass is 664 g/mol. The molecule has 0 aliphatic rings. The summed E-state index contributed by atoms with van der Waals surface area (Å²) in [6, 6.07) is 71.1. The van der Waals surface area contributed by atoms with Crippen LogP contribution in [0.15, 0.2) is 194 Å². The molecule has 0 N–H and O–H groups in total. The van der Waals surface area contributed by atoms with E-state index in [-0.39, 0.29) is 0 Å². The molecule has 0 saturated heterocycles. The normalized spacial score (nSPS) is 11.5. The summed E-state index contributed by atoms with van der Waals surface area (Å²) < 4.78 is 2.63. The average molecular weight is 665 g/mol. The van der Waals surface area contributed by atoms with Gasteiger partial charge in [0.25, 0.3) is 0 Å². The van der Waals surface area contributed by atoms with Crippen LogP contribution in [0.2, 0.25) is 0 Å². The van der Waals surface area contributed by atoms with Crippen LogP contribution in [0.3, 0.4) is 0 Å². The van der Waals surface area contributed by atoms with E-state index >= 15 is 0 Å². The van der Waals surface area contributed by atoms with Gasteiger partial charge in [0.15, 0.2) is 0 Å². The van der Waals surface area contributed by atoms with Gasteiger partial charge in [0.05, 0.1) is 0 Å². The fourth-order valence-electron chi connectivity index (χ4n) is 7.83. The van der Waals surface area contributed by atoms with Gasteiger partial charge in [0.2, 0.25) is 0 Å². The highest BCUT2D eigenvalue weighted by atomic mass is 32.1. The molecule has 0 amide bonds. The number of rotatable bonds is 5. The number of hydrogen-bond donors (Lipinski definition) is 0. The first-order valence-electron chi connectivity index (χ1n) is 17.5. The molecule has 0 bridgehead atoms. The molecule has 1 aromatic heterocycles. The predicted molar refractivity (Wildman–Crippen MR) is 222 cm³/mol. The first-order chi connectivity index (χ1) is 25.3. The Morgan fingerprint density at radius 2 is 0.549 bits per heavy atom. The summed E-state index contributed by atoms with van der Waals surface area (Å²) in [5.74, 6) is 0. The van der Waals surface area contributed by atoms with Gasteiger partial charge in [0, 0.05) is 20.2 Å². The van der Waals surface area contributed by atoms with Crippen LogP contribution >= 0.6 is 11.3 Å². The lowest BCUT2D eigenvalue weighted by atomic mass is 9.86. The van der Waals surface area contributed by atoms with Crippen molar-refractivity contribution in [1.82, 2.24) is 0 Å². The zero-order valence-electron chi connectivity index (χ0n) is 27.9. The highest BCUT2D eigenvalue weighted by Gasteiger charge is 2.17. The topological polar surface area (TPSA) is 0 Å². The first kappa shape index (κ1) is 29.6.